The van der Waals surface area contributed by atoms with Gasteiger partial charge in [0.25, 0.3) is 5.92 Å². The zero-order valence-electron chi connectivity index (χ0n) is 11.6. The van der Waals surface area contributed by atoms with Crippen molar-refractivity contribution in [3.05, 3.63) is 35.9 Å². The molecule has 0 amide bonds. The molecule has 0 radical (unpaired) electrons. The largest absolute Gasteiger partial charge is 0.288 e. The predicted octanol–water partition coefficient (Wildman–Crippen LogP) is 5.19. The topological polar surface area (TPSA) is 0 Å². The molecule has 0 aromatic heterocycles. The quantitative estimate of drug-likeness (QED) is 0.700. The van der Waals surface area contributed by atoms with E-state index in [4.69, 9.17) is 0 Å². The van der Waals surface area contributed by atoms with Crippen LogP contribution in [-0.4, -0.2) is 5.92 Å². The number of rotatable bonds is 3. The van der Waals surface area contributed by atoms with Gasteiger partial charge in [0.05, 0.1) is 0 Å². The van der Waals surface area contributed by atoms with Crippen LogP contribution in [0.4, 0.5) is 13.2 Å². The Morgan fingerprint density at radius 3 is 1.67 bits per heavy atom. The van der Waals surface area contributed by atoms with E-state index in [9.17, 15) is 8.78 Å². The summed E-state index contributed by atoms with van der Waals surface area (Å²) in [7, 11) is 0. The van der Waals surface area contributed by atoms with E-state index in [1.54, 1.807) is 18.2 Å². The summed E-state index contributed by atoms with van der Waals surface area (Å²) in [6.07, 6.45) is 0. The minimum absolute atomic E-state index is 0.0381. The summed E-state index contributed by atoms with van der Waals surface area (Å²) >= 11 is 0. The standard InChI is InChI=1S/C15H21F3/c1-11(2)15(17,18)14(16,13(3,4)5)12-9-7-6-8-10-12/h6-11H,1-5H3. The highest BCUT2D eigenvalue weighted by Gasteiger charge is 2.63. The van der Waals surface area contributed by atoms with E-state index < -0.39 is 22.9 Å². The lowest BCUT2D eigenvalue weighted by Crippen LogP contribution is -2.53. The Hall–Kier alpha value is -0.990. The summed E-state index contributed by atoms with van der Waals surface area (Å²) in [6, 6.07) is 7.74. The fourth-order valence-electron chi connectivity index (χ4n) is 2.19. The molecule has 1 aromatic rings. The van der Waals surface area contributed by atoms with Crippen LogP contribution >= 0.6 is 0 Å². The Morgan fingerprint density at radius 2 is 1.33 bits per heavy atom. The Balaban J connectivity index is 3.48. The Morgan fingerprint density at radius 1 is 0.889 bits per heavy atom. The second kappa shape index (κ2) is 4.60. The van der Waals surface area contributed by atoms with Crippen LogP contribution < -0.4 is 0 Å². The lowest BCUT2D eigenvalue weighted by molar-refractivity contribution is -0.216. The van der Waals surface area contributed by atoms with E-state index in [-0.39, 0.29) is 5.56 Å². The van der Waals surface area contributed by atoms with Crippen LogP contribution in [0.1, 0.15) is 40.2 Å². The first kappa shape index (κ1) is 15.1. The molecule has 3 heteroatoms. The second-order valence-corrected chi connectivity index (χ2v) is 6.05. The first-order chi connectivity index (χ1) is 8.05. The molecule has 0 aliphatic heterocycles. The van der Waals surface area contributed by atoms with Crippen LogP contribution in [0, 0.1) is 11.3 Å². The fraction of sp³-hybridized carbons (Fsp3) is 0.600. The van der Waals surface area contributed by atoms with Gasteiger partial charge in [0.15, 0.2) is 0 Å². The highest BCUT2D eigenvalue weighted by Crippen LogP contribution is 2.55. The number of alkyl halides is 3. The van der Waals surface area contributed by atoms with Crippen LogP contribution in [-0.2, 0) is 5.67 Å². The maximum Gasteiger partial charge on any atom is 0.288 e. The number of benzene rings is 1. The van der Waals surface area contributed by atoms with E-state index >= 15 is 4.39 Å². The lowest BCUT2D eigenvalue weighted by Gasteiger charge is -2.45. The van der Waals surface area contributed by atoms with Crippen molar-refractivity contribution < 1.29 is 13.2 Å². The van der Waals surface area contributed by atoms with Crippen molar-refractivity contribution in [2.24, 2.45) is 11.3 Å². The van der Waals surface area contributed by atoms with Crippen molar-refractivity contribution in [3.63, 3.8) is 0 Å². The smallest absolute Gasteiger partial charge is 0.231 e. The van der Waals surface area contributed by atoms with Gasteiger partial charge in [-0.05, 0) is 5.56 Å². The monoisotopic (exact) mass is 258 g/mol. The third-order valence-electron chi connectivity index (χ3n) is 3.39. The third kappa shape index (κ3) is 2.15. The van der Waals surface area contributed by atoms with Gasteiger partial charge in [0.1, 0.15) is 0 Å². The van der Waals surface area contributed by atoms with Crippen molar-refractivity contribution in [3.8, 4) is 0 Å². The molecule has 0 fully saturated rings. The Labute approximate surface area is 107 Å². The van der Waals surface area contributed by atoms with Crippen LogP contribution in [0.2, 0.25) is 0 Å². The molecule has 0 saturated heterocycles. The van der Waals surface area contributed by atoms with Crippen LogP contribution in [0.15, 0.2) is 30.3 Å². The fourth-order valence-corrected chi connectivity index (χ4v) is 2.19. The molecule has 0 spiro atoms. The maximum absolute atomic E-state index is 15.3. The molecular formula is C15H21F3. The van der Waals surface area contributed by atoms with Crippen molar-refractivity contribution in [1.82, 2.24) is 0 Å². The van der Waals surface area contributed by atoms with Gasteiger partial charge in [-0.3, -0.25) is 0 Å². The highest BCUT2D eigenvalue weighted by molar-refractivity contribution is 5.28. The predicted molar refractivity (Wildman–Crippen MR) is 68.5 cm³/mol. The van der Waals surface area contributed by atoms with Crippen LogP contribution in [0.5, 0.6) is 0 Å². The molecule has 102 valence electrons. The number of hydrogen-bond acceptors (Lipinski definition) is 0. The Kier molecular flexibility index (Phi) is 3.85. The minimum Gasteiger partial charge on any atom is -0.231 e. The van der Waals surface area contributed by atoms with Gasteiger partial charge in [0.2, 0.25) is 5.67 Å². The molecule has 0 aliphatic carbocycles. The molecule has 1 unspecified atom stereocenters. The van der Waals surface area contributed by atoms with E-state index in [1.807, 2.05) is 0 Å². The van der Waals surface area contributed by atoms with E-state index in [1.165, 1.54) is 46.8 Å². The van der Waals surface area contributed by atoms with Crippen LogP contribution in [0.25, 0.3) is 0 Å². The van der Waals surface area contributed by atoms with Gasteiger partial charge < -0.3 is 0 Å². The van der Waals surface area contributed by atoms with Gasteiger partial charge in [-0.15, -0.1) is 0 Å². The van der Waals surface area contributed by atoms with Crippen molar-refractivity contribution in [2.45, 2.75) is 46.2 Å². The molecule has 0 nitrogen and oxygen atoms in total. The summed E-state index contributed by atoms with van der Waals surface area (Å²) in [4.78, 5) is 0. The van der Waals surface area contributed by atoms with Crippen LogP contribution in [0.3, 0.4) is 0 Å². The average Bonchev–Trinajstić information content (AvgIpc) is 2.27. The normalized spacial score (nSPS) is 16.7. The maximum atomic E-state index is 15.3. The lowest BCUT2D eigenvalue weighted by atomic mass is 9.67. The molecule has 1 aromatic carbocycles. The molecule has 1 atom stereocenters. The summed E-state index contributed by atoms with van der Waals surface area (Å²) in [5, 5.41) is 0. The molecule has 0 saturated carbocycles. The van der Waals surface area contributed by atoms with E-state index in [0.29, 0.717) is 0 Å². The van der Waals surface area contributed by atoms with Crippen molar-refractivity contribution >= 4 is 0 Å². The SMILES string of the molecule is CC(C)C(F)(F)C(F)(c1ccccc1)C(C)(C)C. The summed E-state index contributed by atoms with van der Waals surface area (Å²) < 4.78 is 44.1. The minimum atomic E-state index is -3.42. The third-order valence-corrected chi connectivity index (χ3v) is 3.39. The van der Waals surface area contributed by atoms with Gasteiger partial charge in [-0.1, -0.05) is 65.0 Å². The van der Waals surface area contributed by atoms with Crippen molar-refractivity contribution in [2.75, 3.05) is 0 Å². The van der Waals surface area contributed by atoms with Gasteiger partial charge >= 0.3 is 0 Å². The zero-order chi connectivity index (χ0) is 14.2. The summed E-state index contributed by atoms with van der Waals surface area (Å²) in [5.74, 6) is -4.49. The molecule has 0 N–H and O–H groups in total. The molecule has 0 aliphatic rings. The first-order valence-corrected chi connectivity index (χ1v) is 6.17. The summed E-state index contributed by atoms with van der Waals surface area (Å²) in [5.41, 5.74) is -3.84. The second-order valence-electron chi connectivity index (χ2n) is 6.05. The Bertz CT molecular complexity index is 390. The van der Waals surface area contributed by atoms with Gasteiger partial charge in [-0.25, -0.2) is 13.2 Å². The molecular weight excluding hydrogens is 237 g/mol. The number of halogens is 3. The van der Waals surface area contributed by atoms with Crippen molar-refractivity contribution in [1.29, 1.82) is 0 Å². The summed E-state index contributed by atoms with van der Waals surface area (Å²) in [6.45, 7) is 7.23. The molecule has 1 rings (SSSR count). The molecule has 18 heavy (non-hydrogen) atoms. The zero-order valence-corrected chi connectivity index (χ0v) is 11.6. The van der Waals surface area contributed by atoms with Gasteiger partial charge in [-0.2, -0.15) is 0 Å². The molecule has 0 heterocycles. The van der Waals surface area contributed by atoms with E-state index in [2.05, 4.69) is 0 Å². The molecule has 0 bridgehead atoms. The first-order valence-electron chi connectivity index (χ1n) is 6.17. The van der Waals surface area contributed by atoms with E-state index in [0.717, 1.165) is 0 Å². The number of hydrogen-bond donors (Lipinski definition) is 0. The van der Waals surface area contributed by atoms with Gasteiger partial charge in [0, 0.05) is 11.3 Å². The highest BCUT2D eigenvalue weighted by atomic mass is 19.3. The average molecular weight is 258 g/mol.